The first kappa shape index (κ1) is 9.80. The van der Waals surface area contributed by atoms with Crippen LogP contribution in [0.4, 0.5) is 8.78 Å². The number of aldehydes is 1. The van der Waals surface area contributed by atoms with Gasteiger partial charge in [-0.25, -0.2) is 8.78 Å². The topological polar surface area (TPSA) is 43.1 Å². The molecule has 0 aliphatic rings. The van der Waals surface area contributed by atoms with Gasteiger partial charge in [0.1, 0.15) is 17.9 Å². The van der Waals surface area contributed by atoms with Gasteiger partial charge >= 0.3 is 0 Å². The molecule has 4 heteroatoms. The third-order valence-corrected chi connectivity index (χ3v) is 1.57. The zero-order chi connectivity index (χ0) is 9.84. The SMILES string of the molecule is NC(C=O)Cc1cc(F)cc(F)c1. The van der Waals surface area contributed by atoms with Crippen molar-refractivity contribution in [3.8, 4) is 0 Å². The van der Waals surface area contributed by atoms with Gasteiger partial charge in [-0.1, -0.05) is 0 Å². The molecule has 2 nitrogen and oxygen atoms in total. The summed E-state index contributed by atoms with van der Waals surface area (Å²) in [6.45, 7) is 0. The lowest BCUT2D eigenvalue weighted by atomic mass is 10.1. The van der Waals surface area contributed by atoms with Gasteiger partial charge in [-0.2, -0.15) is 0 Å². The van der Waals surface area contributed by atoms with Crippen molar-refractivity contribution in [2.45, 2.75) is 12.5 Å². The van der Waals surface area contributed by atoms with E-state index in [1.807, 2.05) is 0 Å². The maximum absolute atomic E-state index is 12.6. The van der Waals surface area contributed by atoms with Gasteiger partial charge in [0.15, 0.2) is 0 Å². The number of halogens is 2. The highest BCUT2D eigenvalue weighted by atomic mass is 19.1. The summed E-state index contributed by atoms with van der Waals surface area (Å²) < 4.78 is 25.2. The third kappa shape index (κ3) is 2.91. The summed E-state index contributed by atoms with van der Waals surface area (Å²) in [7, 11) is 0. The summed E-state index contributed by atoms with van der Waals surface area (Å²) in [5.41, 5.74) is 5.68. The first-order valence-corrected chi connectivity index (χ1v) is 3.77. The lowest BCUT2D eigenvalue weighted by Gasteiger charge is -2.03. The quantitative estimate of drug-likeness (QED) is 0.715. The van der Waals surface area contributed by atoms with E-state index in [1.54, 1.807) is 0 Å². The minimum absolute atomic E-state index is 0.151. The molecule has 0 heterocycles. The summed E-state index contributed by atoms with van der Waals surface area (Å²) >= 11 is 0. The highest BCUT2D eigenvalue weighted by Crippen LogP contribution is 2.08. The molecule has 1 rings (SSSR count). The molecule has 1 aromatic carbocycles. The van der Waals surface area contributed by atoms with Crippen LogP contribution in [0.15, 0.2) is 18.2 Å². The molecular formula is C9H9F2NO. The zero-order valence-corrected chi connectivity index (χ0v) is 6.84. The molecule has 1 unspecified atom stereocenters. The van der Waals surface area contributed by atoms with Crippen molar-refractivity contribution in [2.24, 2.45) is 5.73 Å². The highest BCUT2D eigenvalue weighted by Gasteiger charge is 2.05. The second-order valence-corrected chi connectivity index (χ2v) is 2.78. The van der Waals surface area contributed by atoms with E-state index >= 15 is 0 Å². The van der Waals surface area contributed by atoms with E-state index in [-0.39, 0.29) is 6.42 Å². The van der Waals surface area contributed by atoms with E-state index in [9.17, 15) is 13.6 Å². The van der Waals surface area contributed by atoms with Crippen LogP contribution in [-0.2, 0) is 11.2 Å². The minimum Gasteiger partial charge on any atom is -0.321 e. The number of nitrogens with two attached hydrogens (primary N) is 1. The Morgan fingerprint density at radius 3 is 2.31 bits per heavy atom. The first-order chi connectivity index (χ1) is 6.11. The van der Waals surface area contributed by atoms with Gasteiger partial charge in [-0.3, -0.25) is 0 Å². The monoisotopic (exact) mass is 185 g/mol. The van der Waals surface area contributed by atoms with E-state index in [4.69, 9.17) is 5.73 Å². The van der Waals surface area contributed by atoms with Crippen LogP contribution >= 0.6 is 0 Å². The maximum atomic E-state index is 12.6. The molecule has 0 saturated carbocycles. The van der Waals surface area contributed by atoms with Crippen LogP contribution in [0.2, 0.25) is 0 Å². The molecule has 1 aromatic rings. The standard InChI is InChI=1S/C9H9F2NO/c10-7-1-6(2-8(11)4-7)3-9(12)5-13/h1-2,4-5,9H,3,12H2. The number of rotatable bonds is 3. The lowest BCUT2D eigenvalue weighted by molar-refractivity contribution is -0.108. The van der Waals surface area contributed by atoms with E-state index in [2.05, 4.69) is 0 Å². The van der Waals surface area contributed by atoms with E-state index < -0.39 is 17.7 Å². The summed E-state index contributed by atoms with van der Waals surface area (Å²) in [4.78, 5) is 10.2. The van der Waals surface area contributed by atoms with E-state index in [1.165, 1.54) is 0 Å². The van der Waals surface area contributed by atoms with Crippen LogP contribution in [0.5, 0.6) is 0 Å². The summed E-state index contributed by atoms with van der Waals surface area (Å²) in [6.07, 6.45) is 0.695. The Balaban J connectivity index is 2.82. The number of carbonyl (C=O) groups excluding carboxylic acids is 1. The number of hydrogen-bond acceptors (Lipinski definition) is 2. The number of benzene rings is 1. The Morgan fingerprint density at radius 2 is 1.85 bits per heavy atom. The molecule has 0 amide bonds. The van der Waals surface area contributed by atoms with E-state index in [0.29, 0.717) is 11.8 Å². The Labute approximate surface area is 74.4 Å². The van der Waals surface area contributed by atoms with Crippen molar-refractivity contribution >= 4 is 6.29 Å². The molecule has 0 bridgehead atoms. The average Bonchev–Trinajstić information content (AvgIpc) is 2.02. The fourth-order valence-electron chi connectivity index (χ4n) is 1.05. The van der Waals surface area contributed by atoms with Gasteiger partial charge in [0.2, 0.25) is 0 Å². The molecule has 70 valence electrons. The first-order valence-electron chi connectivity index (χ1n) is 3.77. The van der Waals surface area contributed by atoms with Crippen molar-refractivity contribution < 1.29 is 13.6 Å². The van der Waals surface area contributed by atoms with Crippen LogP contribution < -0.4 is 5.73 Å². The molecule has 0 saturated heterocycles. The normalized spacial score (nSPS) is 12.5. The molecule has 0 spiro atoms. The molecule has 1 atom stereocenters. The van der Waals surface area contributed by atoms with Gasteiger partial charge in [0.25, 0.3) is 0 Å². The maximum Gasteiger partial charge on any atom is 0.137 e. The highest BCUT2D eigenvalue weighted by molar-refractivity contribution is 5.57. The van der Waals surface area contributed by atoms with Crippen LogP contribution in [0.1, 0.15) is 5.56 Å². The molecule has 13 heavy (non-hydrogen) atoms. The number of carbonyl (C=O) groups is 1. The van der Waals surface area contributed by atoms with Crippen molar-refractivity contribution in [3.63, 3.8) is 0 Å². The number of hydrogen-bond donors (Lipinski definition) is 1. The molecular weight excluding hydrogens is 176 g/mol. The zero-order valence-electron chi connectivity index (χ0n) is 6.84. The van der Waals surface area contributed by atoms with Crippen molar-refractivity contribution in [1.29, 1.82) is 0 Å². The van der Waals surface area contributed by atoms with Crippen LogP contribution in [0.25, 0.3) is 0 Å². The Kier molecular flexibility index (Phi) is 3.08. The van der Waals surface area contributed by atoms with Crippen LogP contribution in [-0.4, -0.2) is 12.3 Å². The predicted octanol–water partition coefficient (Wildman–Crippen LogP) is 1.03. The molecule has 0 aliphatic carbocycles. The Morgan fingerprint density at radius 1 is 1.31 bits per heavy atom. The van der Waals surface area contributed by atoms with Crippen LogP contribution in [0.3, 0.4) is 0 Å². The summed E-state index contributed by atoms with van der Waals surface area (Å²) in [5, 5.41) is 0. The smallest absolute Gasteiger partial charge is 0.137 e. The van der Waals surface area contributed by atoms with Crippen molar-refractivity contribution in [1.82, 2.24) is 0 Å². The third-order valence-electron chi connectivity index (χ3n) is 1.57. The lowest BCUT2D eigenvalue weighted by Crippen LogP contribution is -2.24. The van der Waals surface area contributed by atoms with Crippen molar-refractivity contribution in [3.05, 3.63) is 35.4 Å². The fraction of sp³-hybridized carbons (Fsp3) is 0.222. The Bertz CT molecular complexity index is 294. The molecule has 2 N–H and O–H groups in total. The molecule has 0 aromatic heterocycles. The minimum atomic E-state index is -0.707. The van der Waals surface area contributed by atoms with Crippen LogP contribution in [0, 0.1) is 11.6 Å². The van der Waals surface area contributed by atoms with E-state index in [0.717, 1.165) is 18.2 Å². The fourth-order valence-corrected chi connectivity index (χ4v) is 1.05. The predicted molar refractivity (Wildman–Crippen MR) is 44.1 cm³/mol. The van der Waals surface area contributed by atoms with Gasteiger partial charge in [-0.05, 0) is 24.1 Å². The largest absolute Gasteiger partial charge is 0.321 e. The second kappa shape index (κ2) is 4.09. The van der Waals surface area contributed by atoms with Crippen molar-refractivity contribution in [2.75, 3.05) is 0 Å². The van der Waals surface area contributed by atoms with Gasteiger partial charge in [0.05, 0.1) is 6.04 Å². The average molecular weight is 185 g/mol. The molecule has 0 aliphatic heterocycles. The van der Waals surface area contributed by atoms with Gasteiger partial charge in [0, 0.05) is 6.07 Å². The van der Waals surface area contributed by atoms with Gasteiger partial charge in [-0.15, -0.1) is 0 Å². The molecule has 0 radical (unpaired) electrons. The summed E-state index contributed by atoms with van der Waals surface area (Å²) in [5.74, 6) is -1.32. The molecule has 0 fully saturated rings. The Hall–Kier alpha value is -1.29. The summed E-state index contributed by atoms with van der Waals surface area (Å²) in [6, 6.07) is 2.38. The second-order valence-electron chi connectivity index (χ2n) is 2.78. The van der Waals surface area contributed by atoms with Gasteiger partial charge < -0.3 is 10.5 Å².